The Bertz CT molecular complexity index is 832. The fourth-order valence-corrected chi connectivity index (χ4v) is 3.41. The summed E-state index contributed by atoms with van der Waals surface area (Å²) in [5.74, 6) is -0.285. The lowest BCUT2D eigenvalue weighted by Gasteiger charge is -2.11. The van der Waals surface area contributed by atoms with E-state index in [2.05, 4.69) is 22.9 Å². The van der Waals surface area contributed by atoms with Gasteiger partial charge in [-0.25, -0.2) is 0 Å². The molecule has 2 aromatic rings. The van der Waals surface area contributed by atoms with Crippen LogP contribution in [0.25, 0.3) is 0 Å². The summed E-state index contributed by atoms with van der Waals surface area (Å²) in [6.07, 6.45) is 8.53. The van der Waals surface area contributed by atoms with Gasteiger partial charge in [-0.2, -0.15) is 0 Å². The molecule has 3 N–H and O–H groups in total. The average Bonchev–Trinajstić information content (AvgIpc) is 2.85. The molecule has 0 spiro atoms. The van der Waals surface area contributed by atoms with Gasteiger partial charge in [0.15, 0.2) is 0 Å². The number of rotatable bonds is 9. The van der Waals surface area contributed by atoms with E-state index in [4.69, 9.17) is 0 Å². The van der Waals surface area contributed by atoms with E-state index in [0.717, 1.165) is 24.2 Å². The summed E-state index contributed by atoms with van der Waals surface area (Å²) in [6, 6.07) is 12.7. The molecule has 0 fully saturated rings. The molecule has 2 aromatic carbocycles. The van der Waals surface area contributed by atoms with Crippen molar-refractivity contribution in [3.8, 4) is 0 Å². The molecule has 0 bridgehead atoms. The predicted molar refractivity (Wildman–Crippen MR) is 114 cm³/mol. The van der Waals surface area contributed by atoms with Crippen molar-refractivity contribution < 1.29 is 9.59 Å². The molecule has 0 unspecified atom stereocenters. The van der Waals surface area contributed by atoms with Crippen molar-refractivity contribution in [1.29, 1.82) is 0 Å². The number of benzene rings is 2. The minimum atomic E-state index is -0.178. The molecule has 0 aromatic heterocycles. The Hall–Kier alpha value is -2.82. The minimum absolute atomic E-state index is 0.107. The van der Waals surface area contributed by atoms with Gasteiger partial charge in [0.25, 0.3) is 11.8 Å². The molecule has 5 heteroatoms. The summed E-state index contributed by atoms with van der Waals surface area (Å²) in [5.41, 5.74) is 3.29. The summed E-state index contributed by atoms with van der Waals surface area (Å²) < 4.78 is 0. The molecular weight excluding hydrogens is 350 g/mol. The SMILES string of the molecule is CCCCCCCCCNC(=O)c1ccc2c(c1)NC(=O)c1ccccc1N2. The molecule has 0 aliphatic carbocycles. The summed E-state index contributed by atoms with van der Waals surface area (Å²) in [6.45, 7) is 2.90. The van der Waals surface area contributed by atoms with Crippen molar-refractivity contribution in [2.24, 2.45) is 0 Å². The van der Waals surface area contributed by atoms with E-state index in [-0.39, 0.29) is 11.8 Å². The van der Waals surface area contributed by atoms with Crippen molar-refractivity contribution in [3.63, 3.8) is 0 Å². The average molecular weight is 380 g/mol. The summed E-state index contributed by atoms with van der Waals surface area (Å²) in [7, 11) is 0. The van der Waals surface area contributed by atoms with E-state index in [1.165, 1.54) is 32.1 Å². The molecule has 3 rings (SSSR count). The van der Waals surface area contributed by atoms with Crippen LogP contribution in [0.4, 0.5) is 17.1 Å². The van der Waals surface area contributed by atoms with Crippen LogP contribution in [-0.4, -0.2) is 18.4 Å². The Balaban J connectivity index is 1.53. The van der Waals surface area contributed by atoms with Gasteiger partial charge in [0, 0.05) is 12.1 Å². The van der Waals surface area contributed by atoms with Gasteiger partial charge in [-0.3, -0.25) is 9.59 Å². The maximum absolute atomic E-state index is 12.4. The highest BCUT2D eigenvalue weighted by molar-refractivity contribution is 6.12. The van der Waals surface area contributed by atoms with Crippen LogP contribution in [0.15, 0.2) is 42.5 Å². The first kappa shape index (κ1) is 19.9. The minimum Gasteiger partial charge on any atom is -0.353 e. The van der Waals surface area contributed by atoms with Crippen LogP contribution in [0.2, 0.25) is 0 Å². The molecule has 148 valence electrons. The van der Waals surface area contributed by atoms with Crippen molar-refractivity contribution in [3.05, 3.63) is 53.6 Å². The second kappa shape index (κ2) is 9.93. The third-order valence-corrected chi connectivity index (χ3v) is 5.04. The Morgan fingerprint density at radius 3 is 2.43 bits per heavy atom. The quantitative estimate of drug-likeness (QED) is 0.506. The zero-order chi connectivity index (χ0) is 19.8. The first-order valence-electron chi connectivity index (χ1n) is 10.3. The van der Waals surface area contributed by atoms with Gasteiger partial charge in [-0.05, 0) is 36.8 Å². The molecule has 0 saturated heterocycles. The second-order valence-electron chi connectivity index (χ2n) is 7.26. The number of carbonyl (C=O) groups is 2. The fraction of sp³-hybridized carbons (Fsp3) is 0.391. The van der Waals surface area contributed by atoms with E-state index in [1.54, 1.807) is 18.2 Å². The number of nitrogens with one attached hydrogen (secondary N) is 3. The number of fused-ring (bicyclic) bond motifs is 2. The standard InChI is InChI=1S/C23H29N3O2/c1-2-3-4-5-6-7-10-15-24-22(27)17-13-14-20-21(16-17)26-23(28)18-11-8-9-12-19(18)25-20/h8-9,11-14,16,25H,2-7,10,15H2,1H3,(H,24,27)(H,26,28). The van der Waals surface area contributed by atoms with Gasteiger partial charge in [0.2, 0.25) is 0 Å². The van der Waals surface area contributed by atoms with Crippen LogP contribution in [0.1, 0.15) is 72.6 Å². The lowest BCUT2D eigenvalue weighted by atomic mass is 10.1. The fourth-order valence-electron chi connectivity index (χ4n) is 3.41. The molecule has 28 heavy (non-hydrogen) atoms. The van der Waals surface area contributed by atoms with Crippen LogP contribution in [0, 0.1) is 0 Å². The lowest BCUT2D eigenvalue weighted by Crippen LogP contribution is -2.24. The van der Waals surface area contributed by atoms with Crippen molar-refractivity contribution in [2.45, 2.75) is 51.9 Å². The Morgan fingerprint density at radius 1 is 0.857 bits per heavy atom. The molecular formula is C23H29N3O2. The third kappa shape index (κ3) is 5.12. The maximum atomic E-state index is 12.4. The van der Waals surface area contributed by atoms with Crippen LogP contribution in [-0.2, 0) is 0 Å². The summed E-state index contributed by atoms with van der Waals surface area (Å²) in [5, 5.41) is 9.14. The highest BCUT2D eigenvalue weighted by Crippen LogP contribution is 2.32. The van der Waals surface area contributed by atoms with E-state index in [1.807, 2.05) is 24.3 Å². The number of anilines is 3. The highest BCUT2D eigenvalue weighted by Gasteiger charge is 2.19. The molecule has 0 saturated carbocycles. The van der Waals surface area contributed by atoms with E-state index in [0.29, 0.717) is 23.4 Å². The van der Waals surface area contributed by atoms with Gasteiger partial charge in [-0.15, -0.1) is 0 Å². The number of hydrogen-bond donors (Lipinski definition) is 3. The third-order valence-electron chi connectivity index (χ3n) is 5.04. The van der Waals surface area contributed by atoms with Crippen LogP contribution in [0.3, 0.4) is 0 Å². The zero-order valence-corrected chi connectivity index (χ0v) is 16.5. The van der Waals surface area contributed by atoms with Crippen LogP contribution in [0.5, 0.6) is 0 Å². The number of hydrogen-bond acceptors (Lipinski definition) is 3. The molecule has 1 aliphatic rings. The maximum Gasteiger partial charge on any atom is 0.257 e. The molecule has 0 atom stereocenters. The summed E-state index contributed by atoms with van der Waals surface area (Å²) in [4.78, 5) is 24.9. The van der Waals surface area contributed by atoms with Crippen molar-refractivity contribution >= 4 is 28.9 Å². The van der Waals surface area contributed by atoms with E-state index >= 15 is 0 Å². The van der Waals surface area contributed by atoms with Crippen molar-refractivity contribution in [1.82, 2.24) is 5.32 Å². The molecule has 2 amide bonds. The van der Waals surface area contributed by atoms with Gasteiger partial charge < -0.3 is 16.0 Å². The second-order valence-corrected chi connectivity index (χ2v) is 7.26. The predicted octanol–water partition coefficient (Wildman–Crippen LogP) is 5.48. The Labute approximate surface area is 166 Å². The topological polar surface area (TPSA) is 70.2 Å². The number of unbranched alkanes of at least 4 members (excludes halogenated alkanes) is 6. The first-order chi connectivity index (χ1) is 13.7. The summed E-state index contributed by atoms with van der Waals surface area (Å²) >= 11 is 0. The first-order valence-corrected chi connectivity index (χ1v) is 10.3. The van der Waals surface area contributed by atoms with Crippen LogP contribution >= 0.6 is 0 Å². The normalized spacial score (nSPS) is 12.2. The van der Waals surface area contributed by atoms with E-state index < -0.39 is 0 Å². The molecule has 0 radical (unpaired) electrons. The van der Waals surface area contributed by atoms with Gasteiger partial charge in [0.05, 0.1) is 22.6 Å². The molecule has 1 heterocycles. The number of para-hydroxylation sites is 1. The highest BCUT2D eigenvalue weighted by atomic mass is 16.2. The molecule has 1 aliphatic heterocycles. The van der Waals surface area contributed by atoms with Gasteiger partial charge in [-0.1, -0.05) is 57.6 Å². The Kier molecular flexibility index (Phi) is 7.06. The number of carbonyl (C=O) groups excluding carboxylic acids is 2. The largest absolute Gasteiger partial charge is 0.353 e. The van der Waals surface area contributed by atoms with Crippen LogP contribution < -0.4 is 16.0 Å². The lowest BCUT2D eigenvalue weighted by molar-refractivity contribution is 0.0951. The van der Waals surface area contributed by atoms with E-state index in [9.17, 15) is 9.59 Å². The van der Waals surface area contributed by atoms with Crippen molar-refractivity contribution in [2.75, 3.05) is 17.2 Å². The van der Waals surface area contributed by atoms with Gasteiger partial charge in [0.1, 0.15) is 0 Å². The number of amides is 2. The smallest absolute Gasteiger partial charge is 0.257 e. The monoisotopic (exact) mass is 379 g/mol. The van der Waals surface area contributed by atoms with Gasteiger partial charge >= 0.3 is 0 Å². The zero-order valence-electron chi connectivity index (χ0n) is 16.5. The Morgan fingerprint density at radius 2 is 1.61 bits per heavy atom. The molecule has 5 nitrogen and oxygen atoms in total.